The molecule has 6 heteroatoms. The quantitative estimate of drug-likeness (QED) is 0.368. The van der Waals surface area contributed by atoms with Crippen LogP contribution < -0.4 is 34.7 Å². The van der Waals surface area contributed by atoms with Gasteiger partial charge >= 0.3 is 29.6 Å². The Morgan fingerprint density at radius 3 is 2.87 bits per heavy atom. The summed E-state index contributed by atoms with van der Waals surface area (Å²) in [6.45, 7) is 0. The van der Waals surface area contributed by atoms with E-state index in [0.717, 1.165) is 22.5 Å². The maximum absolute atomic E-state index is 11.0. The average Bonchev–Trinajstić information content (AvgIpc) is 2.52. The second-order valence-corrected chi connectivity index (χ2v) is 5.77. The van der Waals surface area contributed by atoms with Gasteiger partial charge in [0.05, 0.1) is 22.8 Å². The number of aromatic nitrogens is 1. The molecule has 0 radical (unpaired) electrons. The number of aliphatic imine (C=N–C) groups is 1. The van der Waals surface area contributed by atoms with Crippen LogP contribution in [0.3, 0.4) is 0 Å². The monoisotopic (exact) mass is 332 g/mol. The summed E-state index contributed by atoms with van der Waals surface area (Å²) < 4.78 is 0. The smallest absolute Gasteiger partial charge is 0.545 e. The van der Waals surface area contributed by atoms with Crippen molar-refractivity contribution in [2.24, 2.45) is 4.99 Å². The fourth-order valence-electron chi connectivity index (χ4n) is 3.16. The molecule has 0 bridgehead atoms. The molecule has 1 aromatic rings. The normalized spacial score (nSPS) is 26.2. The number of aromatic carboxylic acids is 1. The Labute approximate surface area is 160 Å². The maximum atomic E-state index is 11.0. The van der Waals surface area contributed by atoms with Crippen molar-refractivity contribution in [3.8, 4) is 0 Å². The van der Waals surface area contributed by atoms with E-state index in [4.69, 9.17) is 11.6 Å². The summed E-state index contributed by atoms with van der Waals surface area (Å²) >= 11 is 6.18. The second-order valence-electron chi connectivity index (χ2n) is 5.32. The van der Waals surface area contributed by atoms with Crippen LogP contribution >= 0.6 is 11.6 Å². The number of pyridine rings is 1. The van der Waals surface area contributed by atoms with E-state index in [-0.39, 0.29) is 35.1 Å². The molecule has 108 valence electrons. The third-order valence-electron chi connectivity index (χ3n) is 4.12. The zero-order chi connectivity index (χ0) is 15.3. The molecule has 1 aliphatic heterocycles. The van der Waals surface area contributed by atoms with E-state index in [9.17, 15) is 9.90 Å². The first-order valence-corrected chi connectivity index (χ1v) is 7.25. The van der Waals surface area contributed by atoms with Gasteiger partial charge in [0.25, 0.3) is 0 Å². The van der Waals surface area contributed by atoms with E-state index in [0.29, 0.717) is 0 Å². The van der Waals surface area contributed by atoms with Crippen LogP contribution in [-0.2, 0) is 5.41 Å². The fourth-order valence-corrected chi connectivity index (χ4v) is 3.40. The number of nitrogens with zero attached hydrogens (tertiary/aromatic N) is 2. The molecule has 0 saturated heterocycles. The van der Waals surface area contributed by atoms with E-state index >= 15 is 0 Å². The van der Waals surface area contributed by atoms with Gasteiger partial charge in [-0.2, -0.15) is 0 Å². The molecule has 2 heterocycles. The van der Waals surface area contributed by atoms with Crippen molar-refractivity contribution in [2.75, 3.05) is 0 Å². The molecule has 3 aliphatic rings. The Hall–Kier alpha value is -1.46. The van der Waals surface area contributed by atoms with Gasteiger partial charge < -0.3 is 9.90 Å². The maximum Gasteiger partial charge on any atom is 1.00 e. The van der Waals surface area contributed by atoms with Gasteiger partial charge in [-0.15, -0.1) is 0 Å². The topological polar surface area (TPSA) is 65.4 Å². The van der Waals surface area contributed by atoms with Gasteiger partial charge in [-0.1, -0.05) is 42.0 Å². The Morgan fingerprint density at radius 1 is 1.26 bits per heavy atom. The third kappa shape index (κ3) is 2.37. The van der Waals surface area contributed by atoms with Gasteiger partial charge in [0.1, 0.15) is 5.50 Å². The van der Waals surface area contributed by atoms with Crippen LogP contribution in [0.2, 0.25) is 0 Å². The Bertz CT molecular complexity index is 854. The van der Waals surface area contributed by atoms with E-state index in [1.165, 1.54) is 6.20 Å². The summed E-state index contributed by atoms with van der Waals surface area (Å²) in [4.78, 5) is 19.9. The van der Waals surface area contributed by atoms with Crippen LogP contribution in [-0.4, -0.2) is 22.2 Å². The molecular formula is C17H10ClN2NaO2. The number of dihydropyridines is 1. The summed E-state index contributed by atoms with van der Waals surface area (Å²) in [7, 11) is 0. The Kier molecular flexibility index (Phi) is 4.19. The number of halogens is 1. The van der Waals surface area contributed by atoms with Crippen molar-refractivity contribution in [3.05, 3.63) is 71.1 Å². The first-order valence-electron chi connectivity index (χ1n) is 6.82. The van der Waals surface area contributed by atoms with Crippen LogP contribution in [0.25, 0.3) is 6.08 Å². The molecule has 1 spiro atoms. The first-order chi connectivity index (χ1) is 10.6. The summed E-state index contributed by atoms with van der Waals surface area (Å²) in [6, 6.07) is 1.58. The first kappa shape index (κ1) is 16.4. The van der Waals surface area contributed by atoms with Crippen molar-refractivity contribution in [1.29, 1.82) is 0 Å². The van der Waals surface area contributed by atoms with Gasteiger partial charge in [-0.25, -0.2) is 0 Å². The van der Waals surface area contributed by atoms with Crippen LogP contribution in [0.1, 0.15) is 21.6 Å². The molecule has 4 rings (SSSR count). The number of carboxylic acids is 1. The minimum atomic E-state index is -1.24. The number of hydrogen-bond acceptors (Lipinski definition) is 4. The van der Waals surface area contributed by atoms with Gasteiger partial charge in [0, 0.05) is 11.8 Å². The van der Waals surface area contributed by atoms with Crippen molar-refractivity contribution < 1.29 is 39.5 Å². The Balaban J connectivity index is 0.00000156. The SMILES string of the molecule is O=C([O-])c1cnc2c(c1)C=CC1=CC(Cl)N=C3C=CC=CC132.[Na+]. The number of carbonyl (C=O) groups excluding carboxylic acids is 1. The van der Waals surface area contributed by atoms with Crippen LogP contribution in [0.15, 0.2) is 59.3 Å². The molecule has 2 aliphatic carbocycles. The molecule has 0 N–H and O–H groups in total. The fraction of sp³-hybridized carbons (Fsp3) is 0.118. The molecule has 23 heavy (non-hydrogen) atoms. The van der Waals surface area contributed by atoms with Crippen LogP contribution in [0.4, 0.5) is 0 Å². The molecule has 2 unspecified atom stereocenters. The summed E-state index contributed by atoms with van der Waals surface area (Å²) in [5.74, 6) is -1.24. The average molecular weight is 333 g/mol. The predicted octanol–water partition coefficient (Wildman–Crippen LogP) is -1.21. The van der Waals surface area contributed by atoms with Gasteiger partial charge in [-0.05, 0) is 29.4 Å². The number of fused-ring (bicyclic) bond motifs is 1. The number of carboxylic acid groups (broad SMARTS) is 1. The molecular weight excluding hydrogens is 323 g/mol. The van der Waals surface area contributed by atoms with E-state index < -0.39 is 16.9 Å². The van der Waals surface area contributed by atoms with Crippen molar-refractivity contribution >= 4 is 29.4 Å². The summed E-state index contributed by atoms with van der Waals surface area (Å²) in [6.07, 6.45) is 14.8. The van der Waals surface area contributed by atoms with Crippen LogP contribution in [0.5, 0.6) is 0 Å². The summed E-state index contributed by atoms with van der Waals surface area (Å²) in [5, 5.41) is 11.0. The third-order valence-corrected chi connectivity index (χ3v) is 4.34. The van der Waals surface area contributed by atoms with E-state index in [1.54, 1.807) is 6.07 Å². The van der Waals surface area contributed by atoms with Gasteiger partial charge in [0.15, 0.2) is 0 Å². The number of allylic oxidation sites excluding steroid dienone is 6. The van der Waals surface area contributed by atoms with Gasteiger partial charge in [-0.3, -0.25) is 9.98 Å². The molecule has 0 aromatic carbocycles. The number of hydrogen-bond donors (Lipinski definition) is 0. The zero-order valence-electron chi connectivity index (χ0n) is 12.4. The Morgan fingerprint density at radius 2 is 2.09 bits per heavy atom. The minimum Gasteiger partial charge on any atom is -0.545 e. The molecule has 0 amide bonds. The van der Waals surface area contributed by atoms with E-state index in [1.807, 2.05) is 42.5 Å². The van der Waals surface area contributed by atoms with E-state index in [2.05, 4.69) is 9.98 Å². The predicted molar refractivity (Wildman–Crippen MR) is 82.7 cm³/mol. The second kappa shape index (κ2) is 5.87. The van der Waals surface area contributed by atoms with Crippen molar-refractivity contribution in [1.82, 2.24) is 4.98 Å². The molecule has 1 aromatic heterocycles. The molecule has 4 nitrogen and oxygen atoms in total. The molecule has 2 atom stereocenters. The number of carbonyl (C=O) groups is 1. The van der Waals surface area contributed by atoms with Crippen molar-refractivity contribution in [2.45, 2.75) is 10.9 Å². The number of alkyl halides is 1. The molecule has 0 saturated carbocycles. The number of rotatable bonds is 1. The zero-order valence-corrected chi connectivity index (χ0v) is 15.1. The minimum absolute atomic E-state index is 0. The van der Waals surface area contributed by atoms with Crippen molar-refractivity contribution in [3.63, 3.8) is 0 Å². The van der Waals surface area contributed by atoms with Gasteiger partial charge in [0.2, 0.25) is 0 Å². The standard InChI is InChI=1S/C17H11ClN2O2.Na/c18-14-8-12-5-4-10-7-11(16(21)22)9-19-15(10)17(12)6-2-1-3-13(17)20-14;/h1-9,14H,(H,21,22);/q;+1/p-1. The molecule has 0 fully saturated rings. The van der Waals surface area contributed by atoms with Crippen LogP contribution in [0, 0.1) is 0 Å². The summed E-state index contributed by atoms with van der Waals surface area (Å²) in [5.41, 5.74) is 2.38. The largest absolute Gasteiger partial charge is 1.00 e.